The van der Waals surface area contributed by atoms with Crippen molar-refractivity contribution in [2.75, 3.05) is 0 Å². The Balaban J connectivity index is 2.07. The number of rotatable bonds is 3. The zero-order valence-electron chi connectivity index (χ0n) is 11.6. The molecule has 1 saturated heterocycles. The van der Waals surface area contributed by atoms with Gasteiger partial charge in [0.15, 0.2) is 0 Å². The molecule has 19 heavy (non-hydrogen) atoms. The number of carbonyl (C=O) groups is 2. The van der Waals surface area contributed by atoms with Crippen molar-refractivity contribution in [3.63, 3.8) is 0 Å². The topological polar surface area (TPSA) is 57.6 Å². The molecule has 2 saturated carbocycles. The molecule has 0 aromatic carbocycles. The van der Waals surface area contributed by atoms with Crippen LogP contribution in [0.2, 0.25) is 0 Å². The van der Waals surface area contributed by atoms with E-state index >= 15 is 0 Å². The van der Waals surface area contributed by atoms with E-state index in [1.165, 1.54) is 7.41 Å². The lowest BCUT2D eigenvalue weighted by atomic mass is 9.69. The lowest BCUT2D eigenvalue weighted by Gasteiger charge is -2.35. The minimum Gasteiger partial charge on any atom is -0.480 e. The van der Waals surface area contributed by atoms with Gasteiger partial charge in [-0.15, -0.1) is 0 Å². The van der Waals surface area contributed by atoms with Crippen LogP contribution in [0.5, 0.6) is 0 Å². The van der Waals surface area contributed by atoms with Crippen molar-refractivity contribution in [2.45, 2.75) is 51.6 Å². The van der Waals surface area contributed by atoms with Crippen LogP contribution in [0.3, 0.4) is 0 Å². The molecule has 0 amide bonds. The summed E-state index contributed by atoms with van der Waals surface area (Å²) in [4.78, 5) is 24.5. The zero-order chi connectivity index (χ0) is 13.8. The molecule has 5 heteroatoms. The first-order chi connectivity index (χ1) is 9.04. The molecule has 4 nitrogen and oxygen atoms in total. The Hall–Kier alpha value is -0.835. The van der Waals surface area contributed by atoms with Gasteiger partial charge < -0.3 is 14.7 Å². The van der Waals surface area contributed by atoms with Crippen LogP contribution in [-0.4, -0.2) is 41.6 Å². The first-order valence-electron chi connectivity index (χ1n) is 7.33. The van der Waals surface area contributed by atoms with Gasteiger partial charge in [0, 0.05) is 6.04 Å². The van der Waals surface area contributed by atoms with E-state index < -0.39 is 12.0 Å². The second-order valence-corrected chi connectivity index (χ2v) is 6.68. The number of carboxylic acids is 1. The zero-order valence-corrected chi connectivity index (χ0v) is 11.6. The van der Waals surface area contributed by atoms with Gasteiger partial charge in [0.25, 0.3) is 7.41 Å². The molecule has 1 spiro atoms. The molecule has 1 aliphatic heterocycles. The van der Waals surface area contributed by atoms with E-state index in [9.17, 15) is 14.7 Å². The van der Waals surface area contributed by atoms with E-state index in [1.807, 2.05) is 4.81 Å². The molecule has 3 fully saturated rings. The second kappa shape index (κ2) is 4.34. The number of aliphatic carboxylic acids is 1. The summed E-state index contributed by atoms with van der Waals surface area (Å²) in [6.07, 6.45) is 5.19. The summed E-state index contributed by atoms with van der Waals surface area (Å²) in [5, 5.41) is 9.64. The largest absolute Gasteiger partial charge is 0.480 e. The lowest BCUT2D eigenvalue weighted by Crippen LogP contribution is -2.47. The van der Waals surface area contributed by atoms with Crippen LogP contribution in [-0.2, 0) is 9.59 Å². The highest BCUT2D eigenvalue weighted by Gasteiger charge is 2.68. The first-order valence-corrected chi connectivity index (χ1v) is 7.33. The number of carboxylic acid groups (broad SMARTS) is 1. The van der Waals surface area contributed by atoms with E-state index in [0.717, 1.165) is 31.9 Å². The summed E-state index contributed by atoms with van der Waals surface area (Å²) < 4.78 is 0. The van der Waals surface area contributed by atoms with Gasteiger partial charge in [0.2, 0.25) is 0 Å². The van der Waals surface area contributed by atoms with Gasteiger partial charge in [-0.1, -0.05) is 20.3 Å². The average Bonchev–Trinajstić information content (AvgIpc) is 2.92. The van der Waals surface area contributed by atoms with E-state index in [0.29, 0.717) is 11.8 Å². The fourth-order valence-electron chi connectivity index (χ4n) is 5.74. The molecule has 1 radical (unpaired) electrons. The maximum Gasteiger partial charge on any atom is 0.320 e. The van der Waals surface area contributed by atoms with Gasteiger partial charge in [-0.2, -0.15) is 0 Å². The Bertz CT molecular complexity index is 415. The van der Waals surface area contributed by atoms with Crippen molar-refractivity contribution in [1.82, 2.24) is 4.81 Å². The van der Waals surface area contributed by atoms with Gasteiger partial charge in [-0.3, -0.25) is 4.79 Å². The highest BCUT2D eigenvalue weighted by Crippen LogP contribution is 2.66. The third-order valence-corrected chi connectivity index (χ3v) is 6.09. The number of nitrogens with zero attached hydrogens (tertiary/aromatic N) is 1. The SMILES string of the molecule is CC1CC(C)C23CCCC2N([B]C=O)[C@H](C(=O)O)C13. The molecule has 1 N–H and O–H groups in total. The quantitative estimate of drug-likeness (QED) is 0.617. The normalized spacial score (nSPS) is 48.8. The van der Waals surface area contributed by atoms with Crippen molar-refractivity contribution < 1.29 is 14.7 Å². The molecule has 3 rings (SSSR count). The van der Waals surface area contributed by atoms with E-state index in [-0.39, 0.29) is 17.4 Å². The fourth-order valence-corrected chi connectivity index (χ4v) is 5.74. The van der Waals surface area contributed by atoms with Crippen LogP contribution in [0.1, 0.15) is 39.5 Å². The summed E-state index contributed by atoms with van der Waals surface area (Å²) in [7, 11) is 1.48. The molecule has 5 unspecified atom stereocenters. The van der Waals surface area contributed by atoms with Crippen LogP contribution in [0.15, 0.2) is 0 Å². The van der Waals surface area contributed by atoms with Crippen molar-refractivity contribution in [1.29, 1.82) is 0 Å². The molecule has 3 aliphatic rings. The minimum absolute atomic E-state index is 0.127. The van der Waals surface area contributed by atoms with Crippen LogP contribution in [0.25, 0.3) is 0 Å². The Morgan fingerprint density at radius 3 is 2.84 bits per heavy atom. The maximum absolute atomic E-state index is 11.7. The van der Waals surface area contributed by atoms with E-state index in [4.69, 9.17) is 0 Å². The van der Waals surface area contributed by atoms with Crippen molar-refractivity contribution in [3.05, 3.63) is 0 Å². The number of hydrogen-bond donors (Lipinski definition) is 1. The Labute approximate surface area is 114 Å². The predicted molar refractivity (Wildman–Crippen MR) is 72.3 cm³/mol. The second-order valence-electron chi connectivity index (χ2n) is 6.68. The lowest BCUT2D eigenvalue weighted by molar-refractivity contribution is -0.142. The van der Waals surface area contributed by atoms with Gasteiger partial charge in [0.05, 0.1) is 6.19 Å². The Morgan fingerprint density at radius 1 is 1.47 bits per heavy atom. The third kappa shape index (κ3) is 1.51. The molecule has 103 valence electrons. The van der Waals surface area contributed by atoms with Gasteiger partial charge in [-0.25, -0.2) is 0 Å². The molecule has 6 atom stereocenters. The van der Waals surface area contributed by atoms with Crippen molar-refractivity contribution >= 4 is 19.6 Å². The van der Waals surface area contributed by atoms with E-state index in [1.54, 1.807) is 0 Å². The van der Waals surface area contributed by atoms with Crippen LogP contribution >= 0.6 is 0 Å². The maximum atomic E-state index is 11.7. The summed E-state index contributed by atoms with van der Waals surface area (Å²) >= 11 is 0. The summed E-state index contributed by atoms with van der Waals surface area (Å²) in [5.41, 5.74) is 0.127. The standard InChI is InChI=1S/C14H21BNO3/c1-8-6-9(2)14-5-3-4-10(14)16(15-7-17)12(11(8)14)13(18)19/h7-12H,3-6H2,1-2H3,(H,18,19)/t8?,9?,10?,11?,12-,14?/m0/s1. The smallest absolute Gasteiger partial charge is 0.320 e. The van der Waals surface area contributed by atoms with E-state index in [2.05, 4.69) is 13.8 Å². The average molecular weight is 262 g/mol. The molecule has 0 aromatic rings. The summed E-state index contributed by atoms with van der Waals surface area (Å²) in [5.74, 6) is 0.426. The summed E-state index contributed by atoms with van der Waals surface area (Å²) in [6, 6.07) is -0.251. The monoisotopic (exact) mass is 262 g/mol. The molecule has 1 heterocycles. The van der Waals surface area contributed by atoms with Crippen LogP contribution in [0.4, 0.5) is 0 Å². The van der Waals surface area contributed by atoms with Crippen molar-refractivity contribution in [2.24, 2.45) is 23.2 Å². The Morgan fingerprint density at radius 2 is 2.21 bits per heavy atom. The van der Waals surface area contributed by atoms with Gasteiger partial charge in [0.1, 0.15) is 6.04 Å². The van der Waals surface area contributed by atoms with Gasteiger partial charge >= 0.3 is 5.97 Å². The molecular weight excluding hydrogens is 241 g/mol. The molecular formula is C14H21BNO3. The van der Waals surface area contributed by atoms with Crippen LogP contribution < -0.4 is 0 Å². The molecule has 2 aliphatic carbocycles. The van der Waals surface area contributed by atoms with Gasteiger partial charge in [-0.05, 0) is 42.4 Å². The fraction of sp³-hybridized carbons (Fsp3) is 0.857. The highest BCUT2D eigenvalue weighted by molar-refractivity contribution is 6.64. The Kier molecular flexibility index (Phi) is 3.00. The van der Waals surface area contributed by atoms with Crippen LogP contribution in [0, 0.1) is 23.2 Å². The number of carbonyl (C=O) groups excluding carboxylic acids is 1. The van der Waals surface area contributed by atoms with Crippen molar-refractivity contribution in [3.8, 4) is 0 Å². The third-order valence-electron chi connectivity index (χ3n) is 6.09. The first kappa shape index (κ1) is 13.2. The molecule has 0 aromatic heterocycles. The number of hydrogen-bond acceptors (Lipinski definition) is 3. The molecule has 0 bridgehead atoms. The summed E-state index contributed by atoms with van der Waals surface area (Å²) in [6.45, 7) is 4.46. The highest BCUT2D eigenvalue weighted by atomic mass is 16.4. The predicted octanol–water partition coefficient (Wildman–Crippen LogP) is 1.40. The minimum atomic E-state index is -0.766.